The van der Waals surface area contributed by atoms with E-state index in [1.807, 2.05) is 68.3 Å². The normalized spacial score (nSPS) is 10.9. The molecule has 0 radical (unpaired) electrons. The maximum Gasteiger partial charge on any atom is 0.177 e. The second-order valence-electron chi connectivity index (χ2n) is 5.51. The fourth-order valence-electron chi connectivity index (χ4n) is 2.34. The van der Waals surface area contributed by atoms with E-state index in [2.05, 4.69) is 0 Å². The second kappa shape index (κ2) is 6.88. The van der Waals surface area contributed by atoms with Gasteiger partial charge in [-0.25, -0.2) is 0 Å². The predicted molar refractivity (Wildman–Crippen MR) is 88.0 cm³/mol. The van der Waals surface area contributed by atoms with Crippen molar-refractivity contribution in [1.29, 1.82) is 0 Å². The van der Waals surface area contributed by atoms with Crippen LogP contribution >= 0.6 is 11.6 Å². The van der Waals surface area contributed by atoms with Gasteiger partial charge >= 0.3 is 0 Å². The highest BCUT2D eigenvalue weighted by molar-refractivity contribution is 6.31. The highest BCUT2D eigenvalue weighted by Gasteiger charge is 2.13. The van der Waals surface area contributed by atoms with Gasteiger partial charge in [-0.3, -0.25) is 9.69 Å². The van der Waals surface area contributed by atoms with Crippen LogP contribution in [0.25, 0.3) is 0 Å². The number of hydrogen-bond donors (Lipinski definition) is 0. The summed E-state index contributed by atoms with van der Waals surface area (Å²) in [5.74, 6) is 0.144. The van der Waals surface area contributed by atoms with E-state index >= 15 is 0 Å². The average Bonchev–Trinajstić information content (AvgIpc) is 2.44. The maximum atomic E-state index is 12.4. The molecule has 0 unspecified atom stereocenters. The topological polar surface area (TPSA) is 20.3 Å². The molecule has 0 fully saturated rings. The Kier molecular flexibility index (Phi) is 5.16. The minimum atomic E-state index is 0.144. The van der Waals surface area contributed by atoms with Crippen LogP contribution in [0.1, 0.15) is 27.0 Å². The van der Waals surface area contributed by atoms with E-state index in [4.69, 9.17) is 11.6 Å². The Balaban J connectivity index is 2.06. The number of Topliss-reactive ketones (excluding diaryl/α,β-unsaturated/α-hetero) is 1. The zero-order valence-electron chi connectivity index (χ0n) is 12.7. The Morgan fingerprint density at radius 2 is 1.86 bits per heavy atom. The van der Waals surface area contributed by atoms with Crippen molar-refractivity contribution in [2.45, 2.75) is 20.4 Å². The zero-order chi connectivity index (χ0) is 15.4. The highest BCUT2D eigenvalue weighted by atomic mass is 35.5. The lowest BCUT2D eigenvalue weighted by atomic mass is 10.0. The fourth-order valence-corrected chi connectivity index (χ4v) is 2.54. The molecule has 0 heterocycles. The molecule has 0 N–H and O–H groups in total. The smallest absolute Gasteiger partial charge is 0.177 e. The molecule has 0 atom stereocenters. The second-order valence-corrected chi connectivity index (χ2v) is 5.91. The summed E-state index contributed by atoms with van der Waals surface area (Å²) in [6.45, 7) is 5.02. The molecule has 21 heavy (non-hydrogen) atoms. The molecule has 2 aromatic rings. The number of rotatable bonds is 5. The van der Waals surface area contributed by atoms with Gasteiger partial charge in [0.1, 0.15) is 0 Å². The molecule has 2 nitrogen and oxygen atoms in total. The van der Waals surface area contributed by atoms with Gasteiger partial charge < -0.3 is 0 Å². The molecule has 0 aliphatic rings. The van der Waals surface area contributed by atoms with Crippen molar-refractivity contribution in [2.24, 2.45) is 0 Å². The molecule has 0 saturated carbocycles. The van der Waals surface area contributed by atoms with Crippen molar-refractivity contribution in [2.75, 3.05) is 13.6 Å². The number of benzene rings is 2. The lowest BCUT2D eigenvalue weighted by Gasteiger charge is -2.17. The van der Waals surface area contributed by atoms with Crippen LogP contribution in [0.4, 0.5) is 0 Å². The quantitative estimate of drug-likeness (QED) is 0.769. The van der Waals surface area contributed by atoms with Gasteiger partial charge in [0, 0.05) is 17.1 Å². The summed E-state index contributed by atoms with van der Waals surface area (Å²) in [7, 11) is 1.94. The third-order valence-corrected chi connectivity index (χ3v) is 3.87. The molecule has 0 aromatic heterocycles. The molecule has 0 aliphatic heterocycles. The summed E-state index contributed by atoms with van der Waals surface area (Å²) in [4.78, 5) is 14.4. The number of aryl methyl sites for hydroxylation is 2. The third kappa shape index (κ3) is 4.16. The first-order valence-corrected chi connectivity index (χ1v) is 7.37. The number of carbonyl (C=O) groups excluding carboxylic acids is 1. The largest absolute Gasteiger partial charge is 0.295 e. The van der Waals surface area contributed by atoms with Crippen LogP contribution in [0.2, 0.25) is 5.02 Å². The summed E-state index contributed by atoms with van der Waals surface area (Å²) >= 11 is 6.16. The summed E-state index contributed by atoms with van der Waals surface area (Å²) in [6, 6.07) is 13.7. The van der Waals surface area contributed by atoms with Gasteiger partial charge in [0.15, 0.2) is 5.78 Å². The van der Waals surface area contributed by atoms with Crippen molar-refractivity contribution in [3.63, 3.8) is 0 Å². The number of hydrogen-bond acceptors (Lipinski definition) is 2. The zero-order valence-corrected chi connectivity index (χ0v) is 13.4. The minimum absolute atomic E-state index is 0.144. The van der Waals surface area contributed by atoms with Gasteiger partial charge in [-0.05, 0) is 44.2 Å². The van der Waals surface area contributed by atoms with E-state index in [1.165, 1.54) is 0 Å². The summed E-state index contributed by atoms with van der Waals surface area (Å²) < 4.78 is 0. The molecular weight excluding hydrogens is 282 g/mol. The van der Waals surface area contributed by atoms with Crippen LogP contribution < -0.4 is 0 Å². The van der Waals surface area contributed by atoms with Crippen LogP contribution in [0.3, 0.4) is 0 Å². The fraction of sp³-hybridized carbons (Fsp3) is 0.278. The molecule has 0 saturated heterocycles. The van der Waals surface area contributed by atoms with E-state index in [0.717, 1.165) is 27.3 Å². The molecule has 110 valence electrons. The SMILES string of the molecule is Cc1ccc(C)c(C(=O)CN(C)Cc2ccccc2Cl)c1. The predicted octanol–water partition coefficient (Wildman–Crippen LogP) is 4.27. The minimum Gasteiger partial charge on any atom is -0.295 e. The van der Waals surface area contributed by atoms with E-state index in [-0.39, 0.29) is 5.78 Å². The summed E-state index contributed by atoms with van der Waals surface area (Å²) in [6.07, 6.45) is 0. The van der Waals surface area contributed by atoms with Crippen molar-refractivity contribution in [3.05, 3.63) is 69.7 Å². The molecule has 0 amide bonds. The number of carbonyl (C=O) groups is 1. The molecule has 0 aliphatic carbocycles. The third-order valence-electron chi connectivity index (χ3n) is 3.51. The van der Waals surface area contributed by atoms with Crippen molar-refractivity contribution in [1.82, 2.24) is 4.90 Å². The first-order chi connectivity index (χ1) is 9.97. The number of likely N-dealkylation sites (N-methyl/N-ethyl adjacent to an activating group) is 1. The highest BCUT2D eigenvalue weighted by Crippen LogP contribution is 2.17. The molecule has 2 aromatic carbocycles. The van der Waals surface area contributed by atoms with Gasteiger partial charge in [0.05, 0.1) is 6.54 Å². The monoisotopic (exact) mass is 301 g/mol. The molecular formula is C18H20ClNO. The first-order valence-electron chi connectivity index (χ1n) is 7.00. The lowest BCUT2D eigenvalue weighted by Crippen LogP contribution is -2.26. The van der Waals surface area contributed by atoms with Gasteiger partial charge in [-0.15, -0.1) is 0 Å². The molecule has 0 spiro atoms. The van der Waals surface area contributed by atoms with Crippen molar-refractivity contribution >= 4 is 17.4 Å². The standard InChI is InChI=1S/C18H20ClNO/c1-13-8-9-14(2)16(10-13)18(21)12-20(3)11-15-6-4-5-7-17(15)19/h4-10H,11-12H2,1-3H3. The Morgan fingerprint density at radius 3 is 2.57 bits per heavy atom. The number of nitrogens with zero attached hydrogens (tertiary/aromatic N) is 1. The van der Waals surface area contributed by atoms with Gasteiger partial charge in [0.25, 0.3) is 0 Å². The van der Waals surface area contributed by atoms with E-state index in [9.17, 15) is 4.79 Å². The maximum absolute atomic E-state index is 12.4. The van der Waals surface area contributed by atoms with E-state index in [0.29, 0.717) is 13.1 Å². The van der Waals surface area contributed by atoms with Gasteiger partial charge in [-0.2, -0.15) is 0 Å². The van der Waals surface area contributed by atoms with Crippen LogP contribution in [-0.2, 0) is 6.54 Å². The van der Waals surface area contributed by atoms with Crippen molar-refractivity contribution < 1.29 is 4.79 Å². The van der Waals surface area contributed by atoms with Crippen LogP contribution in [-0.4, -0.2) is 24.3 Å². The number of halogens is 1. The molecule has 3 heteroatoms. The molecule has 2 rings (SSSR count). The Bertz CT molecular complexity index is 651. The summed E-state index contributed by atoms with van der Waals surface area (Å²) in [5.41, 5.74) is 3.98. The van der Waals surface area contributed by atoms with Crippen molar-refractivity contribution in [3.8, 4) is 0 Å². The van der Waals surface area contributed by atoms with E-state index < -0.39 is 0 Å². The van der Waals surface area contributed by atoms with Gasteiger partial charge in [-0.1, -0.05) is 47.5 Å². The van der Waals surface area contributed by atoms with Gasteiger partial charge in [0.2, 0.25) is 0 Å². The first kappa shape index (κ1) is 15.7. The van der Waals surface area contributed by atoms with Crippen LogP contribution in [0.15, 0.2) is 42.5 Å². The Morgan fingerprint density at radius 1 is 1.14 bits per heavy atom. The Hall–Kier alpha value is -1.64. The number of ketones is 1. The van der Waals surface area contributed by atoms with Crippen LogP contribution in [0.5, 0.6) is 0 Å². The van der Waals surface area contributed by atoms with Crippen LogP contribution in [0, 0.1) is 13.8 Å². The lowest BCUT2D eigenvalue weighted by molar-refractivity contribution is 0.0942. The average molecular weight is 302 g/mol. The Labute approximate surface area is 131 Å². The summed E-state index contributed by atoms with van der Waals surface area (Å²) in [5, 5.41) is 0.739. The molecule has 0 bridgehead atoms. The van der Waals surface area contributed by atoms with E-state index in [1.54, 1.807) is 0 Å².